The number of carbonyl (C=O) groups is 2. The summed E-state index contributed by atoms with van der Waals surface area (Å²) in [4.78, 5) is 44.4. The number of hydrogen-bond acceptors (Lipinski definition) is 10. The minimum absolute atomic E-state index is 0.151. The molecule has 5 rings (SSSR count). The van der Waals surface area contributed by atoms with Gasteiger partial charge in [0, 0.05) is 5.56 Å². The van der Waals surface area contributed by atoms with Gasteiger partial charge >= 0.3 is 11.9 Å². The number of esters is 2. The molecule has 1 aromatic heterocycles. The highest BCUT2D eigenvalue weighted by atomic mass is 32.1. The van der Waals surface area contributed by atoms with Crippen LogP contribution < -0.4 is 29.1 Å². The lowest BCUT2D eigenvalue weighted by molar-refractivity contribution is -0.143. The summed E-state index contributed by atoms with van der Waals surface area (Å²) >= 11 is 1.22. The van der Waals surface area contributed by atoms with E-state index in [-0.39, 0.29) is 24.3 Å². The molecule has 0 saturated carbocycles. The highest BCUT2D eigenvalue weighted by Gasteiger charge is 2.34. The average Bonchev–Trinajstić information content (AvgIpc) is 3.33. The third-order valence-electron chi connectivity index (χ3n) is 7.10. The highest BCUT2D eigenvalue weighted by Crippen LogP contribution is 2.36. The van der Waals surface area contributed by atoms with Gasteiger partial charge in [-0.15, -0.1) is 0 Å². The predicted octanol–water partition coefficient (Wildman–Crippen LogP) is 3.91. The van der Waals surface area contributed by atoms with Gasteiger partial charge < -0.3 is 23.7 Å². The van der Waals surface area contributed by atoms with Crippen LogP contribution in [0.1, 0.15) is 37.9 Å². The third kappa shape index (κ3) is 5.83. The maximum atomic E-state index is 14.2. The molecule has 0 amide bonds. The first kappa shape index (κ1) is 30.6. The number of fused-ring (bicyclic) bond motifs is 2. The fourth-order valence-electron chi connectivity index (χ4n) is 5.12. The van der Waals surface area contributed by atoms with E-state index in [1.807, 2.05) is 43.3 Å². The molecular formula is C33H32N2O8S. The zero-order valence-electron chi connectivity index (χ0n) is 25.0. The minimum atomic E-state index is -0.865. The van der Waals surface area contributed by atoms with Crippen molar-refractivity contribution in [2.75, 3.05) is 34.0 Å². The Morgan fingerprint density at radius 3 is 2.48 bits per heavy atom. The van der Waals surface area contributed by atoms with Crippen molar-refractivity contribution in [3.63, 3.8) is 0 Å². The molecule has 11 heteroatoms. The van der Waals surface area contributed by atoms with Gasteiger partial charge in [0.05, 0.1) is 49.3 Å². The summed E-state index contributed by atoms with van der Waals surface area (Å²) in [7, 11) is 2.86. The second-order valence-corrected chi connectivity index (χ2v) is 10.7. The molecule has 0 spiro atoms. The summed E-state index contributed by atoms with van der Waals surface area (Å²) in [6, 6.07) is 15.9. The van der Waals surface area contributed by atoms with E-state index in [1.165, 1.54) is 23.0 Å². The lowest BCUT2D eigenvalue weighted by atomic mass is 9.95. The van der Waals surface area contributed by atoms with Crippen LogP contribution in [-0.2, 0) is 19.1 Å². The number of nitrogens with zero attached hydrogens (tertiary/aromatic N) is 2. The first-order valence-corrected chi connectivity index (χ1v) is 14.8. The van der Waals surface area contributed by atoms with Crippen LogP contribution in [0.25, 0.3) is 16.8 Å². The van der Waals surface area contributed by atoms with Crippen LogP contribution in [0.15, 0.2) is 75.7 Å². The summed E-state index contributed by atoms with van der Waals surface area (Å²) in [6.45, 7) is 5.41. The number of rotatable bonds is 10. The topological polar surface area (TPSA) is 115 Å². The zero-order valence-corrected chi connectivity index (χ0v) is 25.9. The van der Waals surface area contributed by atoms with Gasteiger partial charge in [-0.25, -0.2) is 14.6 Å². The van der Waals surface area contributed by atoms with E-state index >= 15 is 0 Å². The Morgan fingerprint density at radius 1 is 0.977 bits per heavy atom. The predicted molar refractivity (Wildman–Crippen MR) is 166 cm³/mol. The lowest BCUT2D eigenvalue weighted by Gasteiger charge is -2.25. The Hall–Kier alpha value is -4.90. The van der Waals surface area contributed by atoms with E-state index in [9.17, 15) is 14.4 Å². The van der Waals surface area contributed by atoms with Crippen LogP contribution in [-0.4, -0.2) is 50.5 Å². The van der Waals surface area contributed by atoms with E-state index in [1.54, 1.807) is 45.2 Å². The molecule has 0 radical (unpaired) electrons. The quantitative estimate of drug-likeness (QED) is 0.247. The Morgan fingerprint density at radius 2 is 1.75 bits per heavy atom. The van der Waals surface area contributed by atoms with Crippen molar-refractivity contribution >= 4 is 40.1 Å². The molecule has 1 aliphatic heterocycles. The van der Waals surface area contributed by atoms with E-state index in [4.69, 9.17) is 18.9 Å². The normalized spacial score (nSPS) is 14.6. The number of carbonyl (C=O) groups excluding carboxylic acids is 2. The number of ether oxygens (including phenoxy) is 5. The smallest absolute Gasteiger partial charge is 0.343 e. The fraction of sp³-hybridized carbons (Fsp3) is 0.273. The Balaban J connectivity index is 1.72. The summed E-state index contributed by atoms with van der Waals surface area (Å²) in [5, 5.41) is 1.94. The SMILES string of the molecule is CCOC(=O)C1=C(C)N=c2s/c(=C/c3c(OC)ccc4ccccc34)c(=O)n2[C@H]1c1ccc(OCC(=O)OC)c(OCC)c1. The third-order valence-corrected chi connectivity index (χ3v) is 8.08. The van der Waals surface area contributed by atoms with Crippen LogP contribution in [0.4, 0.5) is 0 Å². The number of methoxy groups -OCH3 is 2. The van der Waals surface area contributed by atoms with Crippen molar-refractivity contribution in [2.24, 2.45) is 4.99 Å². The fourth-order valence-corrected chi connectivity index (χ4v) is 6.15. The average molecular weight is 617 g/mol. The summed E-state index contributed by atoms with van der Waals surface area (Å²) in [5.74, 6) is 0.157. The van der Waals surface area contributed by atoms with E-state index in [0.29, 0.717) is 44.4 Å². The molecule has 44 heavy (non-hydrogen) atoms. The molecule has 3 aromatic carbocycles. The molecule has 2 heterocycles. The molecular weight excluding hydrogens is 584 g/mol. The van der Waals surface area contributed by atoms with E-state index in [0.717, 1.165) is 16.3 Å². The Kier molecular flexibility index (Phi) is 9.15. The van der Waals surface area contributed by atoms with Gasteiger partial charge in [0.15, 0.2) is 22.9 Å². The number of benzene rings is 3. The first-order chi connectivity index (χ1) is 21.3. The van der Waals surface area contributed by atoms with Gasteiger partial charge in [-0.1, -0.05) is 47.7 Å². The lowest BCUT2D eigenvalue weighted by Crippen LogP contribution is -2.40. The maximum Gasteiger partial charge on any atom is 0.343 e. The Bertz CT molecular complexity index is 1960. The monoisotopic (exact) mass is 616 g/mol. The number of hydrogen-bond donors (Lipinski definition) is 0. The van der Waals surface area contributed by atoms with Gasteiger partial charge in [0.25, 0.3) is 5.56 Å². The van der Waals surface area contributed by atoms with Crippen LogP contribution in [0.5, 0.6) is 17.2 Å². The molecule has 0 saturated heterocycles. The number of thiazole rings is 1. The first-order valence-electron chi connectivity index (χ1n) is 14.0. The minimum Gasteiger partial charge on any atom is -0.496 e. The van der Waals surface area contributed by atoms with Crippen molar-refractivity contribution in [1.29, 1.82) is 0 Å². The molecule has 228 valence electrons. The molecule has 0 bridgehead atoms. The maximum absolute atomic E-state index is 14.2. The summed E-state index contributed by atoms with van der Waals surface area (Å²) < 4.78 is 29.2. The van der Waals surface area contributed by atoms with E-state index in [2.05, 4.69) is 9.73 Å². The van der Waals surface area contributed by atoms with Crippen LogP contribution in [0, 0.1) is 0 Å². The zero-order chi connectivity index (χ0) is 31.4. The van der Waals surface area contributed by atoms with Crippen molar-refractivity contribution < 1.29 is 33.3 Å². The van der Waals surface area contributed by atoms with Crippen molar-refractivity contribution in [3.05, 3.63) is 96.7 Å². The van der Waals surface area contributed by atoms with Crippen molar-refractivity contribution in [1.82, 2.24) is 4.57 Å². The number of aromatic nitrogens is 1. The van der Waals surface area contributed by atoms with Crippen LogP contribution >= 0.6 is 11.3 Å². The molecule has 1 atom stereocenters. The van der Waals surface area contributed by atoms with Gasteiger partial charge in [0.1, 0.15) is 5.75 Å². The second-order valence-electron chi connectivity index (χ2n) is 9.71. The van der Waals surface area contributed by atoms with Gasteiger partial charge in [-0.3, -0.25) is 9.36 Å². The molecule has 4 aromatic rings. The molecule has 0 N–H and O–H groups in total. The Labute approximate surface area is 257 Å². The number of allylic oxidation sites excluding steroid dienone is 1. The van der Waals surface area contributed by atoms with Crippen LogP contribution in [0.3, 0.4) is 0 Å². The van der Waals surface area contributed by atoms with Gasteiger partial charge in [0.2, 0.25) is 0 Å². The largest absolute Gasteiger partial charge is 0.496 e. The molecule has 1 aliphatic rings. The van der Waals surface area contributed by atoms with E-state index < -0.39 is 18.0 Å². The van der Waals surface area contributed by atoms with Crippen LogP contribution in [0.2, 0.25) is 0 Å². The molecule has 0 unspecified atom stereocenters. The highest BCUT2D eigenvalue weighted by molar-refractivity contribution is 7.07. The molecule has 10 nitrogen and oxygen atoms in total. The molecule has 0 fully saturated rings. The molecule has 0 aliphatic carbocycles. The van der Waals surface area contributed by atoms with Crippen molar-refractivity contribution in [3.8, 4) is 17.2 Å². The second kappa shape index (κ2) is 13.2. The summed E-state index contributed by atoms with van der Waals surface area (Å²) in [6.07, 6.45) is 1.81. The van der Waals surface area contributed by atoms with Gasteiger partial charge in [-0.05, 0) is 61.4 Å². The van der Waals surface area contributed by atoms with Gasteiger partial charge in [-0.2, -0.15) is 0 Å². The van der Waals surface area contributed by atoms with Crippen molar-refractivity contribution in [2.45, 2.75) is 26.8 Å². The standard InChI is InChI=1S/C33H32N2O8S/c1-6-41-26-16-21(13-15-25(26)43-18-28(36)40-5)30-29(32(38)42-7-2)19(3)34-33-35(30)31(37)27(44-33)17-23-22-11-9-8-10-20(22)12-14-24(23)39-4/h8-17,30H,6-7,18H2,1-5H3/b27-17+/t30-/m0/s1. The summed E-state index contributed by atoms with van der Waals surface area (Å²) in [5.41, 5.74) is 1.69.